The maximum atomic E-state index is 13.1. The number of esters is 1. The van der Waals surface area contributed by atoms with Crippen molar-refractivity contribution in [1.82, 2.24) is 15.0 Å². The van der Waals surface area contributed by atoms with Gasteiger partial charge in [0.1, 0.15) is 11.5 Å². The van der Waals surface area contributed by atoms with Crippen LogP contribution in [0.3, 0.4) is 0 Å². The fraction of sp³-hybridized carbons (Fsp3) is 0.273. The van der Waals surface area contributed by atoms with Gasteiger partial charge in [0.15, 0.2) is 12.4 Å². The lowest BCUT2D eigenvalue weighted by atomic mass is 9.96. The zero-order valence-corrected chi connectivity index (χ0v) is 18.1. The number of nitrogen functional groups attached to an aromatic ring is 1. The molecule has 11 nitrogen and oxygen atoms in total. The molecule has 0 radical (unpaired) electrons. The third-order valence-electron chi connectivity index (χ3n) is 5.39. The summed E-state index contributed by atoms with van der Waals surface area (Å²) in [6.07, 6.45) is 1.00. The average Bonchev–Trinajstić information content (AvgIpc) is 2.84. The second-order valence-corrected chi connectivity index (χ2v) is 7.68. The van der Waals surface area contributed by atoms with Crippen LogP contribution < -0.4 is 16.0 Å². The van der Waals surface area contributed by atoms with Crippen molar-refractivity contribution in [3.8, 4) is 0 Å². The lowest BCUT2D eigenvalue weighted by Gasteiger charge is -2.32. The lowest BCUT2D eigenvalue weighted by Crippen LogP contribution is -2.37. The van der Waals surface area contributed by atoms with Crippen LogP contribution in [-0.4, -0.2) is 38.9 Å². The minimum atomic E-state index is -0.407. The first-order valence-electron chi connectivity index (χ1n) is 10.6. The number of carbonyl (C=O) groups excluding carboxylic acids is 1. The molecule has 0 unspecified atom stereocenters. The summed E-state index contributed by atoms with van der Waals surface area (Å²) < 4.78 is 18.5. The number of aromatic nitrogens is 3. The van der Waals surface area contributed by atoms with Crippen molar-refractivity contribution in [3.05, 3.63) is 70.3 Å². The summed E-state index contributed by atoms with van der Waals surface area (Å²) in [4.78, 5) is 37.5. The fourth-order valence-electron chi connectivity index (χ4n) is 3.72. The van der Waals surface area contributed by atoms with Crippen molar-refractivity contribution in [2.75, 3.05) is 29.0 Å². The van der Waals surface area contributed by atoms with Gasteiger partial charge in [-0.2, -0.15) is 15.0 Å². The topological polar surface area (TPSA) is 149 Å². The number of rotatable bonds is 7. The van der Waals surface area contributed by atoms with Crippen molar-refractivity contribution < 1.29 is 18.8 Å². The SMILES string of the molecule is Nc1nc(COC(=O)C2CCN(c3ccccc3[N+](=O)[O-])CC2)nc(Nc2ccc(F)cc2)n1. The molecule has 1 fully saturated rings. The van der Waals surface area contributed by atoms with Crippen LogP contribution in [0.15, 0.2) is 48.5 Å². The van der Waals surface area contributed by atoms with Crippen LogP contribution in [0.5, 0.6) is 0 Å². The number of hydrogen-bond acceptors (Lipinski definition) is 10. The van der Waals surface area contributed by atoms with Gasteiger partial charge in [0.25, 0.3) is 5.69 Å². The van der Waals surface area contributed by atoms with Gasteiger partial charge < -0.3 is 20.7 Å². The number of nitrogens with one attached hydrogen (secondary N) is 1. The smallest absolute Gasteiger partial charge is 0.309 e. The Hall–Kier alpha value is -4.35. The Labute approximate surface area is 193 Å². The normalized spacial score (nSPS) is 14.0. The van der Waals surface area contributed by atoms with Crippen molar-refractivity contribution in [2.24, 2.45) is 5.92 Å². The molecule has 12 heteroatoms. The molecule has 4 rings (SSSR count). The van der Waals surface area contributed by atoms with E-state index in [9.17, 15) is 19.3 Å². The van der Waals surface area contributed by atoms with E-state index in [4.69, 9.17) is 10.5 Å². The number of ether oxygens (including phenoxy) is 1. The van der Waals surface area contributed by atoms with Gasteiger partial charge in [-0.05, 0) is 43.2 Å². The summed E-state index contributed by atoms with van der Waals surface area (Å²) >= 11 is 0. The number of nitro groups is 1. The van der Waals surface area contributed by atoms with Gasteiger partial charge in [-0.15, -0.1) is 0 Å². The third kappa shape index (κ3) is 5.52. The molecule has 176 valence electrons. The number of para-hydroxylation sites is 2. The van der Waals surface area contributed by atoms with Gasteiger partial charge >= 0.3 is 5.97 Å². The zero-order chi connectivity index (χ0) is 24.1. The number of carbonyl (C=O) groups is 1. The van der Waals surface area contributed by atoms with Gasteiger partial charge in [-0.25, -0.2) is 4.39 Å². The second-order valence-electron chi connectivity index (χ2n) is 7.68. The molecule has 0 saturated carbocycles. The van der Waals surface area contributed by atoms with E-state index >= 15 is 0 Å². The molecule has 1 saturated heterocycles. The minimum absolute atomic E-state index is 0.0426. The van der Waals surface area contributed by atoms with Crippen molar-refractivity contribution in [2.45, 2.75) is 19.4 Å². The zero-order valence-electron chi connectivity index (χ0n) is 18.1. The molecule has 2 heterocycles. The Morgan fingerprint density at radius 1 is 1.15 bits per heavy atom. The highest BCUT2D eigenvalue weighted by Gasteiger charge is 2.29. The number of piperidine rings is 1. The first-order valence-corrected chi connectivity index (χ1v) is 10.6. The Morgan fingerprint density at radius 2 is 1.85 bits per heavy atom. The molecule has 0 bridgehead atoms. The standard InChI is InChI=1S/C22H22FN7O4/c23-15-5-7-16(8-6-15)25-22-27-19(26-21(24)28-22)13-34-20(31)14-9-11-29(12-10-14)17-3-1-2-4-18(17)30(32)33/h1-8,14H,9-13H2,(H3,24,25,26,27,28). The number of halogens is 1. The molecule has 1 aliphatic rings. The average molecular weight is 467 g/mol. The Kier molecular flexibility index (Phi) is 6.76. The van der Waals surface area contributed by atoms with Crippen LogP contribution in [0.1, 0.15) is 18.7 Å². The van der Waals surface area contributed by atoms with E-state index in [1.165, 1.54) is 30.3 Å². The van der Waals surface area contributed by atoms with Gasteiger partial charge in [0.2, 0.25) is 11.9 Å². The maximum absolute atomic E-state index is 13.1. The number of nitrogens with two attached hydrogens (primary N) is 1. The molecule has 0 aliphatic carbocycles. The van der Waals surface area contributed by atoms with E-state index in [2.05, 4.69) is 20.3 Å². The van der Waals surface area contributed by atoms with Crippen LogP contribution >= 0.6 is 0 Å². The van der Waals surface area contributed by atoms with Crippen molar-refractivity contribution >= 4 is 34.9 Å². The van der Waals surface area contributed by atoms with Crippen molar-refractivity contribution in [3.63, 3.8) is 0 Å². The highest BCUT2D eigenvalue weighted by Crippen LogP contribution is 2.31. The van der Waals surface area contributed by atoms with E-state index in [0.717, 1.165) is 0 Å². The summed E-state index contributed by atoms with van der Waals surface area (Å²) in [5.41, 5.74) is 6.88. The summed E-state index contributed by atoms with van der Waals surface area (Å²) in [7, 11) is 0. The third-order valence-corrected chi connectivity index (χ3v) is 5.39. The van der Waals surface area contributed by atoms with E-state index < -0.39 is 10.9 Å². The number of anilines is 4. The summed E-state index contributed by atoms with van der Waals surface area (Å²) in [5.74, 6) is -0.848. The minimum Gasteiger partial charge on any atom is -0.457 e. The molecule has 0 amide bonds. The van der Waals surface area contributed by atoms with E-state index in [-0.39, 0.29) is 41.8 Å². The molecule has 3 N–H and O–H groups in total. The van der Waals surface area contributed by atoms with Crippen LogP contribution in [-0.2, 0) is 16.1 Å². The number of benzene rings is 2. The summed E-state index contributed by atoms with van der Waals surface area (Å²) in [5, 5.41) is 14.2. The molecule has 0 atom stereocenters. The number of nitrogens with zero attached hydrogens (tertiary/aromatic N) is 5. The molecular weight excluding hydrogens is 445 g/mol. The summed E-state index contributed by atoms with van der Waals surface area (Å²) in [6, 6.07) is 12.2. The predicted octanol–water partition coefficient (Wildman–Crippen LogP) is 3.20. The maximum Gasteiger partial charge on any atom is 0.309 e. The van der Waals surface area contributed by atoms with Crippen LogP contribution in [0, 0.1) is 21.8 Å². The van der Waals surface area contributed by atoms with Gasteiger partial charge in [-0.3, -0.25) is 14.9 Å². The molecular formula is C22H22FN7O4. The lowest BCUT2D eigenvalue weighted by molar-refractivity contribution is -0.384. The van der Waals surface area contributed by atoms with Crippen LogP contribution in [0.2, 0.25) is 0 Å². The summed E-state index contributed by atoms with van der Waals surface area (Å²) in [6.45, 7) is 0.804. The number of nitro benzene ring substituents is 1. The Balaban J connectivity index is 1.32. The Morgan fingerprint density at radius 3 is 2.56 bits per heavy atom. The van der Waals surface area contributed by atoms with Gasteiger partial charge in [0, 0.05) is 24.8 Å². The van der Waals surface area contributed by atoms with Gasteiger partial charge in [-0.1, -0.05) is 12.1 Å². The van der Waals surface area contributed by atoms with Crippen LogP contribution in [0.25, 0.3) is 0 Å². The molecule has 34 heavy (non-hydrogen) atoms. The second kappa shape index (κ2) is 10.1. The monoisotopic (exact) mass is 467 g/mol. The molecule has 1 aliphatic heterocycles. The predicted molar refractivity (Wildman–Crippen MR) is 122 cm³/mol. The number of hydrogen-bond donors (Lipinski definition) is 2. The Bertz CT molecular complexity index is 1180. The van der Waals surface area contributed by atoms with E-state index in [1.807, 2.05) is 4.90 Å². The quantitative estimate of drug-likeness (QED) is 0.301. The highest BCUT2D eigenvalue weighted by molar-refractivity contribution is 5.73. The molecule has 2 aromatic carbocycles. The molecule has 1 aromatic heterocycles. The highest BCUT2D eigenvalue weighted by atomic mass is 19.1. The largest absolute Gasteiger partial charge is 0.457 e. The van der Waals surface area contributed by atoms with E-state index in [0.29, 0.717) is 37.3 Å². The molecule has 3 aromatic rings. The van der Waals surface area contributed by atoms with Crippen molar-refractivity contribution in [1.29, 1.82) is 0 Å². The molecule has 0 spiro atoms. The fourth-order valence-corrected chi connectivity index (χ4v) is 3.72. The van der Waals surface area contributed by atoms with Crippen LogP contribution in [0.4, 0.5) is 33.3 Å². The van der Waals surface area contributed by atoms with Gasteiger partial charge in [0.05, 0.1) is 10.8 Å². The van der Waals surface area contributed by atoms with E-state index in [1.54, 1.807) is 18.2 Å². The first kappa shape index (κ1) is 22.8. The first-order chi connectivity index (χ1) is 16.4.